The van der Waals surface area contributed by atoms with Gasteiger partial charge in [0.25, 0.3) is 0 Å². The van der Waals surface area contributed by atoms with Gasteiger partial charge in [-0.15, -0.1) is 0 Å². The summed E-state index contributed by atoms with van der Waals surface area (Å²) < 4.78 is 4.36. The number of ether oxygens (including phenoxy) is 1. The van der Waals surface area contributed by atoms with E-state index in [1.807, 2.05) is 6.07 Å². The first-order valence-electron chi connectivity index (χ1n) is 5.67. The molecule has 0 fully saturated rings. The molecule has 0 aromatic heterocycles. The largest absolute Gasteiger partial charge is 0.474 e. The summed E-state index contributed by atoms with van der Waals surface area (Å²) in [7, 11) is 0. The standard InChI is InChI=1S/C9H12.C4H6O.C2H6O/c1-8(2)9-6-4-3-5-7-9;1-3-5-4-2;1-2-3/h3-8H,1-2H3;3-4H,1-2H2;3H,2H2,1H3. The molecular weight excluding hydrogens is 212 g/mol. The lowest BCUT2D eigenvalue weighted by molar-refractivity contribution is 0.318. The van der Waals surface area contributed by atoms with Gasteiger partial charge in [-0.1, -0.05) is 57.3 Å². The molecule has 2 nitrogen and oxygen atoms in total. The molecule has 96 valence electrons. The summed E-state index contributed by atoms with van der Waals surface area (Å²) in [6, 6.07) is 10.5. The van der Waals surface area contributed by atoms with Crippen LogP contribution in [-0.2, 0) is 4.74 Å². The number of aliphatic hydroxyl groups excluding tert-OH is 1. The molecule has 1 N–H and O–H groups in total. The predicted molar refractivity (Wildman–Crippen MR) is 74.8 cm³/mol. The van der Waals surface area contributed by atoms with Crippen LogP contribution >= 0.6 is 0 Å². The molecule has 0 bridgehead atoms. The maximum absolute atomic E-state index is 7.57. The van der Waals surface area contributed by atoms with Crippen LogP contribution in [0.4, 0.5) is 0 Å². The van der Waals surface area contributed by atoms with Gasteiger partial charge < -0.3 is 9.84 Å². The first-order valence-corrected chi connectivity index (χ1v) is 5.67. The highest BCUT2D eigenvalue weighted by Crippen LogP contribution is 2.11. The van der Waals surface area contributed by atoms with Crippen LogP contribution in [0.2, 0.25) is 0 Å². The summed E-state index contributed by atoms with van der Waals surface area (Å²) in [4.78, 5) is 0. The van der Waals surface area contributed by atoms with E-state index in [-0.39, 0.29) is 6.61 Å². The monoisotopic (exact) mass is 236 g/mol. The Balaban J connectivity index is 0. The van der Waals surface area contributed by atoms with Crippen molar-refractivity contribution in [2.45, 2.75) is 26.7 Å². The molecule has 0 unspecified atom stereocenters. The van der Waals surface area contributed by atoms with E-state index < -0.39 is 0 Å². The molecule has 2 heteroatoms. The molecule has 0 spiro atoms. The predicted octanol–water partition coefficient (Wildman–Crippen LogP) is 4.10. The van der Waals surface area contributed by atoms with E-state index in [2.05, 4.69) is 56.0 Å². The van der Waals surface area contributed by atoms with Gasteiger partial charge in [-0.3, -0.25) is 0 Å². The molecule has 17 heavy (non-hydrogen) atoms. The molecule has 1 aromatic rings. The minimum Gasteiger partial charge on any atom is -0.474 e. The number of aliphatic hydroxyl groups is 1. The van der Waals surface area contributed by atoms with Crippen LogP contribution < -0.4 is 0 Å². The fraction of sp³-hybridized carbons (Fsp3) is 0.333. The van der Waals surface area contributed by atoms with E-state index in [4.69, 9.17) is 5.11 Å². The van der Waals surface area contributed by atoms with Crippen LogP contribution in [0.15, 0.2) is 56.0 Å². The molecule has 0 amide bonds. The maximum Gasteiger partial charge on any atom is 0.0829 e. The van der Waals surface area contributed by atoms with Crippen LogP contribution in [0.1, 0.15) is 32.3 Å². The molecular formula is C15H24O2. The second-order valence-electron chi connectivity index (χ2n) is 3.35. The van der Waals surface area contributed by atoms with E-state index >= 15 is 0 Å². The Kier molecular flexibility index (Phi) is 15.2. The highest BCUT2D eigenvalue weighted by molar-refractivity contribution is 5.17. The van der Waals surface area contributed by atoms with E-state index in [0.29, 0.717) is 5.92 Å². The van der Waals surface area contributed by atoms with Crippen molar-refractivity contribution in [2.24, 2.45) is 0 Å². The molecule has 0 radical (unpaired) electrons. The minimum absolute atomic E-state index is 0.250. The molecule has 0 aliphatic heterocycles. The second-order valence-corrected chi connectivity index (χ2v) is 3.35. The fourth-order valence-electron chi connectivity index (χ4n) is 0.906. The van der Waals surface area contributed by atoms with Gasteiger partial charge in [0, 0.05) is 6.61 Å². The Morgan fingerprint density at radius 3 is 1.76 bits per heavy atom. The number of benzene rings is 1. The first-order chi connectivity index (χ1) is 8.13. The lowest BCUT2D eigenvalue weighted by Gasteiger charge is -2.01. The van der Waals surface area contributed by atoms with Crippen molar-refractivity contribution in [1.29, 1.82) is 0 Å². The van der Waals surface area contributed by atoms with Gasteiger partial charge in [-0.05, 0) is 18.4 Å². The number of rotatable bonds is 3. The van der Waals surface area contributed by atoms with Crippen molar-refractivity contribution < 1.29 is 9.84 Å². The minimum atomic E-state index is 0.250. The normalized spacial score (nSPS) is 8.06. The second kappa shape index (κ2) is 14.5. The smallest absolute Gasteiger partial charge is 0.0829 e. The zero-order valence-electron chi connectivity index (χ0n) is 11.1. The fourth-order valence-corrected chi connectivity index (χ4v) is 0.906. The zero-order chi connectivity index (χ0) is 13.5. The van der Waals surface area contributed by atoms with Crippen molar-refractivity contribution in [3.05, 3.63) is 61.6 Å². The molecule has 0 saturated carbocycles. The quantitative estimate of drug-likeness (QED) is 0.801. The van der Waals surface area contributed by atoms with Crippen molar-refractivity contribution in [1.82, 2.24) is 0 Å². The van der Waals surface area contributed by atoms with Gasteiger partial charge in [0.1, 0.15) is 0 Å². The summed E-state index contributed by atoms with van der Waals surface area (Å²) >= 11 is 0. The van der Waals surface area contributed by atoms with E-state index in [9.17, 15) is 0 Å². The SMILES string of the molecule is C=COC=C.CC(C)c1ccccc1.CCO. The summed E-state index contributed by atoms with van der Waals surface area (Å²) in [6.45, 7) is 12.9. The van der Waals surface area contributed by atoms with Gasteiger partial charge in [-0.2, -0.15) is 0 Å². The average Bonchev–Trinajstić information content (AvgIpc) is 2.33. The van der Waals surface area contributed by atoms with Crippen molar-refractivity contribution >= 4 is 0 Å². The van der Waals surface area contributed by atoms with Crippen molar-refractivity contribution in [3.63, 3.8) is 0 Å². The molecule has 0 aliphatic rings. The number of hydrogen-bond acceptors (Lipinski definition) is 2. The summed E-state index contributed by atoms with van der Waals surface area (Å²) in [6.07, 6.45) is 2.62. The molecule has 1 aromatic carbocycles. The Hall–Kier alpha value is -1.54. The molecule has 0 atom stereocenters. The van der Waals surface area contributed by atoms with E-state index in [1.54, 1.807) is 6.92 Å². The molecule has 0 aliphatic carbocycles. The molecule has 0 heterocycles. The first kappa shape index (κ1) is 17.8. The van der Waals surface area contributed by atoms with Crippen LogP contribution in [0.5, 0.6) is 0 Å². The lowest BCUT2D eigenvalue weighted by atomic mass is 10.0. The summed E-state index contributed by atoms with van der Waals surface area (Å²) in [5, 5.41) is 7.57. The Labute approximate surface area is 105 Å². The van der Waals surface area contributed by atoms with Gasteiger partial charge in [0.2, 0.25) is 0 Å². The maximum atomic E-state index is 7.57. The molecule has 0 saturated heterocycles. The van der Waals surface area contributed by atoms with Crippen LogP contribution in [0.25, 0.3) is 0 Å². The third-order valence-corrected chi connectivity index (χ3v) is 1.66. The van der Waals surface area contributed by atoms with Gasteiger partial charge in [0.05, 0.1) is 12.5 Å². The topological polar surface area (TPSA) is 29.5 Å². The van der Waals surface area contributed by atoms with Crippen LogP contribution in [0.3, 0.4) is 0 Å². The Morgan fingerprint density at radius 1 is 1.18 bits per heavy atom. The lowest BCUT2D eigenvalue weighted by Crippen LogP contribution is -1.83. The summed E-state index contributed by atoms with van der Waals surface area (Å²) in [5.41, 5.74) is 1.41. The van der Waals surface area contributed by atoms with Crippen molar-refractivity contribution in [3.8, 4) is 0 Å². The van der Waals surface area contributed by atoms with Crippen LogP contribution in [0, 0.1) is 0 Å². The number of hydrogen-bond donors (Lipinski definition) is 1. The highest BCUT2D eigenvalue weighted by Gasteiger charge is 1.93. The summed E-state index contributed by atoms with van der Waals surface area (Å²) in [5.74, 6) is 0.659. The zero-order valence-corrected chi connectivity index (χ0v) is 11.1. The average molecular weight is 236 g/mol. The molecule has 1 rings (SSSR count). The van der Waals surface area contributed by atoms with Crippen molar-refractivity contribution in [2.75, 3.05) is 6.61 Å². The third kappa shape index (κ3) is 14.5. The Morgan fingerprint density at radius 2 is 1.59 bits per heavy atom. The van der Waals surface area contributed by atoms with E-state index in [1.165, 1.54) is 18.1 Å². The van der Waals surface area contributed by atoms with Gasteiger partial charge in [-0.25, -0.2) is 0 Å². The Bertz CT molecular complexity index is 260. The van der Waals surface area contributed by atoms with Gasteiger partial charge in [0.15, 0.2) is 0 Å². The third-order valence-electron chi connectivity index (χ3n) is 1.66. The van der Waals surface area contributed by atoms with E-state index in [0.717, 1.165) is 0 Å². The highest BCUT2D eigenvalue weighted by atomic mass is 16.5. The van der Waals surface area contributed by atoms with Gasteiger partial charge >= 0.3 is 0 Å². The van der Waals surface area contributed by atoms with Crippen LogP contribution in [-0.4, -0.2) is 11.7 Å².